The Kier molecular flexibility index (Phi) is 2.64. The van der Waals surface area contributed by atoms with Gasteiger partial charge in [-0.1, -0.05) is 18.2 Å². The first-order valence-electron chi connectivity index (χ1n) is 5.19. The fourth-order valence-corrected chi connectivity index (χ4v) is 1.52. The van der Waals surface area contributed by atoms with E-state index in [1.54, 1.807) is 6.92 Å². The summed E-state index contributed by atoms with van der Waals surface area (Å²) in [6.45, 7) is 3.73. The Balaban J connectivity index is 2.22. The van der Waals surface area contributed by atoms with Crippen LogP contribution in [0.4, 0.5) is 5.82 Å². The van der Waals surface area contributed by atoms with Gasteiger partial charge >= 0.3 is 0 Å². The van der Waals surface area contributed by atoms with E-state index in [0.717, 1.165) is 11.3 Å². The molecular weight excluding hydrogens is 188 g/mol. The lowest BCUT2D eigenvalue weighted by atomic mass is 10.2. The molecule has 80 valence electrons. The zero-order valence-corrected chi connectivity index (χ0v) is 8.99. The quantitative estimate of drug-likeness (QED) is 0.718. The number of fused-ring (bicyclic) bond motifs is 1. The molecule has 0 aliphatic carbocycles. The molecule has 15 heavy (non-hydrogen) atoms. The Morgan fingerprint density at radius 3 is 2.67 bits per heavy atom. The van der Waals surface area contributed by atoms with Gasteiger partial charge in [0, 0.05) is 10.9 Å². The van der Waals surface area contributed by atoms with Crippen molar-refractivity contribution in [3.8, 4) is 0 Å². The summed E-state index contributed by atoms with van der Waals surface area (Å²) in [5, 5.41) is 13.8. The lowest BCUT2D eigenvalue weighted by molar-refractivity contribution is 0.177. The molecule has 0 spiro atoms. The van der Waals surface area contributed by atoms with E-state index in [1.165, 1.54) is 5.39 Å². The van der Waals surface area contributed by atoms with Gasteiger partial charge in [0.2, 0.25) is 0 Å². The summed E-state index contributed by atoms with van der Waals surface area (Å²) < 4.78 is 0. The highest BCUT2D eigenvalue weighted by atomic mass is 16.3. The van der Waals surface area contributed by atoms with E-state index < -0.39 is 0 Å². The van der Waals surface area contributed by atoms with Gasteiger partial charge in [0.05, 0.1) is 12.1 Å². The number of nitrogens with one attached hydrogen (secondary N) is 2. The fourth-order valence-electron chi connectivity index (χ4n) is 1.52. The molecule has 2 unspecified atom stereocenters. The van der Waals surface area contributed by atoms with E-state index in [4.69, 9.17) is 0 Å². The van der Waals surface area contributed by atoms with Gasteiger partial charge < -0.3 is 15.4 Å². The zero-order chi connectivity index (χ0) is 10.8. The second-order valence-corrected chi connectivity index (χ2v) is 3.94. The minimum absolute atomic E-state index is 0.0399. The number of H-pyrrole nitrogens is 1. The first-order chi connectivity index (χ1) is 7.16. The normalized spacial score (nSPS) is 15.1. The molecule has 0 bridgehead atoms. The van der Waals surface area contributed by atoms with Gasteiger partial charge in [0.1, 0.15) is 5.82 Å². The predicted octanol–water partition coefficient (Wildman–Crippen LogP) is 2.35. The van der Waals surface area contributed by atoms with Gasteiger partial charge in [0.15, 0.2) is 0 Å². The van der Waals surface area contributed by atoms with Crippen molar-refractivity contribution in [1.29, 1.82) is 0 Å². The molecule has 1 aromatic carbocycles. The molecule has 0 fully saturated rings. The average molecular weight is 204 g/mol. The molecule has 0 saturated heterocycles. The first-order valence-corrected chi connectivity index (χ1v) is 5.19. The maximum absolute atomic E-state index is 9.38. The fraction of sp³-hybridized carbons (Fsp3) is 0.333. The molecule has 3 heteroatoms. The van der Waals surface area contributed by atoms with Crippen LogP contribution in [0.2, 0.25) is 0 Å². The Bertz CT molecular complexity index is 415. The van der Waals surface area contributed by atoms with Crippen molar-refractivity contribution in [2.24, 2.45) is 0 Å². The first kappa shape index (κ1) is 10.1. The van der Waals surface area contributed by atoms with Crippen LogP contribution in [-0.2, 0) is 0 Å². The predicted molar refractivity (Wildman–Crippen MR) is 63.1 cm³/mol. The third-order valence-electron chi connectivity index (χ3n) is 2.64. The smallest absolute Gasteiger partial charge is 0.104 e. The van der Waals surface area contributed by atoms with E-state index in [1.807, 2.05) is 31.2 Å². The van der Waals surface area contributed by atoms with Crippen LogP contribution >= 0.6 is 0 Å². The van der Waals surface area contributed by atoms with Crippen LogP contribution in [0.1, 0.15) is 13.8 Å². The lowest BCUT2D eigenvalue weighted by Gasteiger charge is -2.16. The number of rotatable bonds is 3. The summed E-state index contributed by atoms with van der Waals surface area (Å²) in [4.78, 5) is 3.26. The highest BCUT2D eigenvalue weighted by molar-refractivity contribution is 5.83. The van der Waals surface area contributed by atoms with Crippen molar-refractivity contribution in [2.75, 3.05) is 5.32 Å². The molecule has 2 aromatic rings. The van der Waals surface area contributed by atoms with Crippen LogP contribution in [0.25, 0.3) is 10.9 Å². The molecule has 1 heterocycles. The third-order valence-corrected chi connectivity index (χ3v) is 2.64. The number of hydrogen-bond donors (Lipinski definition) is 3. The Labute approximate surface area is 89.1 Å². The van der Waals surface area contributed by atoms with Crippen molar-refractivity contribution in [1.82, 2.24) is 4.98 Å². The van der Waals surface area contributed by atoms with E-state index in [0.29, 0.717) is 0 Å². The lowest BCUT2D eigenvalue weighted by Crippen LogP contribution is -2.27. The maximum atomic E-state index is 9.38. The highest BCUT2D eigenvalue weighted by Crippen LogP contribution is 2.18. The zero-order valence-electron chi connectivity index (χ0n) is 8.99. The Morgan fingerprint density at radius 1 is 1.27 bits per heavy atom. The molecule has 2 atom stereocenters. The van der Waals surface area contributed by atoms with Crippen LogP contribution in [0.15, 0.2) is 30.3 Å². The van der Waals surface area contributed by atoms with E-state index in [-0.39, 0.29) is 12.1 Å². The molecular formula is C12H16N2O. The topological polar surface area (TPSA) is 48.0 Å². The summed E-state index contributed by atoms with van der Waals surface area (Å²) in [6, 6.07) is 10.2. The number of hydrogen-bond acceptors (Lipinski definition) is 2. The number of aromatic nitrogens is 1. The number of benzene rings is 1. The largest absolute Gasteiger partial charge is 0.391 e. The van der Waals surface area contributed by atoms with Crippen molar-refractivity contribution < 1.29 is 5.11 Å². The van der Waals surface area contributed by atoms with Gasteiger partial charge in [-0.3, -0.25) is 0 Å². The number of anilines is 1. The van der Waals surface area contributed by atoms with Crippen LogP contribution < -0.4 is 5.32 Å². The van der Waals surface area contributed by atoms with Crippen LogP contribution in [0.5, 0.6) is 0 Å². The average Bonchev–Trinajstić information content (AvgIpc) is 2.59. The molecule has 3 nitrogen and oxygen atoms in total. The van der Waals surface area contributed by atoms with Gasteiger partial charge in [-0.15, -0.1) is 0 Å². The minimum Gasteiger partial charge on any atom is -0.391 e. The van der Waals surface area contributed by atoms with Gasteiger partial charge in [0.25, 0.3) is 0 Å². The monoisotopic (exact) mass is 204 g/mol. The molecule has 0 aliphatic heterocycles. The molecule has 0 amide bonds. The molecule has 3 N–H and O–H groups in total. The summed E-state index contributed by atoms with van der Waals surface area (Å²) >= 11 is 0. The SMILES string of the molecule is CC(O)C(C)Nc1cc2ccccc2[nH]1. The van der Waals surface area contributed by atoms with Gasteiger partial charge in [-0.05, 0) is 26.0 Å². The van der Waals surface area contributed by atoms with Crippen LogP contribution in [0.3, 0.4) is 0 Å². The van der Waals surface area contributed by atoms with Crippen molar-refractivity contribution in [3.05, 3.63) is 30.3 Å². The number of aliphatic hydroxyl groups is 1. The van der Waals surface area contributed by atoms with E-state index >= 15 is 0 Å². The Hall–Kier alpha value is -1.48. The Morgan fingerprint density at radius 2 is 2.00 bits per heavy atom. The number of aliphatic hydroxyl groups excluding tert-OH is 1. The third kappa shape index (κ3) is 2.13. The van der Waals surface area contributed by atoms with Gasteiger partial charge in [-0.25, -0.2) is 0 Å². The standard InChI is InChI=1S/C12H16N2O/c1-8(9(2)15)13-12-7-10-5-3-4-6-11(10)14-12/h3-9,13-15H,1-2H3. The minimum atomic E-state index is -0.364. The van der Waals surface area contributed by atoms with Crippen molar-refractivity contribution in [2.45, 2.75) is 26.0 Å². The number of aromatic amines is 1. The van der Waals surface area contributed by atoms with Crippen molar-refractivity contribution >= 4 is 16.7 Å². The number of para-hydroxylation sites is 1. The molecule has 2 rings (SSSR count). The van der Waals surface area contributed by atoms with Crippen molar-refractivity contribution in [3.63, 3.8) is 0 Å². The second kappa shape index (κ2) is 3.95. The van der Waals surface area contributed by atoms with E-state index in [2.05, 4.69) is 16.4 Å². The summed E-state index contributed by atoms with van der Waals surface area (Å²) in [5.74, 6) is 0.949. The van der Waals surface area contributed by atoms with E-state index in [9.17, 15) is 5.11 Å². The second-order valence-electron chi connectivity index (χ2n) is 3.94. The maximum Gasteiger partial charge on any atom is 0.104 e. The molecule has 0 aliphatic rings. The molecule has 0 saturated carbocycles. The summed E-state index contributed by atoms with van der Waals surface area (Å²) in [7, 11) is 0. The van der Waals surface area contributed by atoms with Crippen LogP contribution in [-0.4, -0.2) is 22.2 Å². The molecule has 1 aromatic heterocycles. The van der Waals surface area contributed by atoms with Crippen LogP contribution in [0, 0.1) is 0 Å². The van der Waals surface area contributed by atoms with Gasteiger partial charge in [-0.2, -0.15) is 0 Å². The summed E-state index contributed by atoms with van der Waals surface area (Å²) in [5.41, 5.74) is 1.11. The molecule has 0 radical (unpaired) electrons. The summed E-state index contributed by atoms with van der Waals surface area (Å²) in [6.07, 6.45) is -0.364. The highest BCUT2D eigenvalue weighted by Gasteiger charge is 2.09.